The van der Waals surface area contributed by atoms with Crippen LogP contribution in [0.25, 0.3) is 11.3 Å². The molecule has 24 heavy (non-hydrogen) atoms. The molecule has 122 valence electrons. The van der Waals surface area contributed by atoms with Crippen LogP contribution in [-0.2, 0) is 11.2 Å². The summed E-state index contributed by atoms with van der Waals surface area (Å²) in [6, 6.07) is 11.4. The summed E-state index contributed by atoms with van der Waals surface area (Å²) in [6.45, 7) is 0. The van der Waals surface area contributed by atoms with Crippen molar-refractivity contribution in [1.82, 2.24) is 15.6 Å². The van der Waals surface area contributed by atoms with Gasteiger partial charge in [0.15, 0.2) is 0 Å². The fraction of sp³-hybridized carbons (Fsp3) is 0.0667. The lowest BCUT2D eigenvalue weighted by Crippen LogP contribution is -2.19. The molecule has 0 atom stereocenters. The molecule has 3 rings (SSSR count). The first-order valence-corrected chi connectivity index (χ1v) is 8.46. The van der Waals surface area contributed by atoms with Crippen LogP contribution in [0.3, 0.4) is 0 Å². The van der Waals surface area contributed by atoms with Crippen molar-refractivity contribution < 1.29 is 9.21 Å². The van der Waals surface area contributed by atoms with Crippen molar-refractivity contribution in [2.45, 2.75) is 6.42 Å². The molecule has 0 saturated heterocycles. The molecule has 0 saturated carbocycles. The van der Waals surface area contributed by atoms with Gasteiger partial charge in [-0.1, -0.05) is 39.4 Å². The van der Waals surface area contributed by atoms with E-state index < -0.39 is 0 Å². The molecule has 0 aliphatic heterocycles. The molecule has 2 aromatic heterocycles. The Morgan fingerprint density at radius 2 is 2.08 bits per heavy atom. The summed E-state index contributed by atoms with van der Waals surface area (Å²) in [4.78, 5) is 11.7. The van der Waals surface area contributed by atoms with Crippen LogP contribution in [0.5, 0.6) is 0 Å². The third-order valence-electron chi connectivity index (χ3n) is 2.93. The molecule has 0 aliphatic rings. The highest BCUT2D eigenvalue weighted by Crippen LogP contribution is 2.23. The Kier molecular flexibility index (Phi) is 5.02. The highest BCUT2D eigenvalue weighted by Gasteiger charge is 2.07. The molecule has 0 spiro atoms. The predicted molar refractivity (Wildman–Crippen MR) is 95.6 cm³/mol. The first-order chi connectivity index (χ1) is 11.6. The molecule has 7 nitrogen and oxygen atoms in total. The van der Waals surface area contributed by atoms with Crippen LogP contribution < -0.4 is 11.2 Å². The molecule has 0 fully saturated rings. The number of halogens is 1. The number of hydrogen-bond acceptors (Lipinski definition) is 7. The van der Waals surface area contributed by atoms with Crippen molar-refractivity contribution in [3.8, 4) is 11.3 Å². The monoisotopic (exact) mass is 405 g/mol. The number of nitrogen functional groups attached to an aromatic ring is 1. The SMILES string of the molecule is Nc1nnc(CC(=O)NN=Cc2ccc(-c3ccc(Br)cc3)o2)s1. The summed E-state index contributed by atoms with van der Waals surface area (Å²) in [6.07, 6.45) is 1.52. The lowest BCUT2D eigenvalue weighted by atomic mass is 10.2. The van der Waals surface area contributed by atoms with E-state index in [1.807, 2.05) is 30.3 Å². The van der Waals surface area contributed by atoms with Gasteiger partial charge >= 0.3 is 0 Å². The number of nitrogens with two attached hydrogens (primary N) is 1. The Hall–Kier alpha value is -2.52. The maximum Gasteiger partial charge on any atom is 0.247 e. The topological polar surface area (TPSA) is 106 Å². The Bertz CT molecular complexity index is 872. The Morgan fingerprint density at radius 1 is 1.29 bits per heavy atom. The van der Waals surface area contributed by atoms with Gasteiger partial charge in [-0.2, -0.15) is 5.10 Å². The summed E-state index contributed by atoms with van der Waals surface area (Å²) in [5.41, 5.74) is 8.82. The number of hydrogen-bond donors (Lipinski definition) is 2. The third kappa shape index (κ3) is 4.27. The second kappa shape index (κ2) is 7.37. The minimum atomic E-state index is -0.304. The number of aromatic nitrogens is 2. The third-order valence-corrected chi connectivity index (χ3v) is 4.21. The maximum atomic E-state index is 11.7. The van der Waals surface area contributed by atoms with Gasteiger partial charge in [-0.05, 0) is 24.3 Å². The van der Waals surface area contributed by atoms with Gasteiger partial charge in [0.05, 0.1) is 12.6 Å². The summed E-state index contributed by atoms with van der Waals surface area (Å²) in [5.74, 6) is 0.954. The lowest BCUT2D eigenvalue weighted by molar-refractivity contribution is -0.120. The van der Waals surface area contributed by atoms with Crippen LogP contribution in [-0.4, -0.2) is 22.3 Å². The molecule has 1 aromatic carbocycles. The Balaban J connectivity index is 1.57. The number of rotatable bonds is 5. The minimum Gasteiger partial charge on any atom is -0.455 e. The van der Waals surface area contributed by atoms with E-state index in [1.54, 1.807) is 6.07 Å². The van der Waals surface area contributed by atoms with Crippen LogP contribution in [0.1, 0.15) is 10.8 Å². The maximum absolute atomic E-state index is 11.7. The number of furan rings is 1. The minimum absolute atomic E-state index is 0.0779. The van der Waals surface area contributed by atoms with Gasteiger partial charge in [0.1, 0.15) is 16.5 Å². The van der Waals surface area contributed by atoms with E-state index >= 15 is 0 Å². The molecule has 0 bridgehead atoms. The van der Waals surface area contributed by atoms with E-state index in [1.165, 1.54) is 17.6 Å². The molecule has 2 heterocycles. The number of carbonyl (C=O) groups excluding carboxylic acids is 1. The molecule has 9 heteroatoms. The van der Waals surface area contributed by atoms with E-state index in [0.717, 1.165) is 15.8 Å². The van der Waals surface area contributed by atoms with Crippen molar-refractivity contribution in [1.29, 1.82) is 0 Å². The normalized spacial score (nSPS) is 11.0. The van der Waals surface area contributed by atoms with Crippen molar-refractivity contribution >= 4 is 44.5 Å². The number of hydrazone groups is 1. The molecule has 3 aromatic rings. The second-order valence-corrected chi connectivity index (χ2v) is 6.72. The first kappa shape index (κ1) is 16.3. The molecule has 0 aliphatic carbocycles. The van der Waals surface area contributed by atoms with E-state index in [-0.39, 0.29) is 12.3 Å². The van der Waals surface area contributed by atoms with Gasteiger partial charge in [-0.25, -0.2) is 5.43 Å². The van der Waals surface area contributed by atoms with Gasteiger partial charge in [0, 0.05) is 10.0 Å². The van der Waals surface area contributed by atoms with Gasteiger partial charge in [0.25, 0.3) is 0 Å². The number of nitrogens with one attached hydrogen (secondary N) is 1. The van der Waals surface area contributed by atoms with Gasteiger partial charge < -0.3 is 10.2 Å². The van der Waals surface area contributed by atoms with Crippen LogP contribution in [0.4, 0.5) is 5.13 Å². The Morgan fingerprint density at radius 3 is 2.79 bits per heavy atom. The zero-order chi connectivity index (χ0) is 16.9. The largest absolute Gasteiger partial charge is 0.455 e. The van der Waals surface area contributed by atoms with E-state index in [9.17, 15) is 4.79 Å². The molecule has 1 amide bonds. The van der Waals surface area contributed by atoms with Gasteiger partial charge in [0.2, 0.25) is 11.0 Å². The van der Waals surface area contributed by atoms with Crippen LogP contribution in [0.15, 0.2) is 50.4 Å². The van der Waals surface area contributed by atoms with Crippen molar-refractivity contribution in [2.24, 2.45) is 5.10 Å². The number of anilines is 1. The standard InChI is InChI=1S/C15H12BrN5O2S/c16-10-3-1-9(2-4-10)12-6-5-11(23-12)8-18-19-13(22)7-14-20-21-15(17)24-14/h1-6,8H,7H2,(H2,17,21)(H,19,22). The van der Waals surface area contributed by atoms with E-state index in [4.69, 9.17) is 10.2 Å². The average molecular weight is 406 g/mol. The van der Waals surface area contributed by atoms with Gasteiger partial charge in [-0.15, -0.1) is 10.2 Å². The highest BCUT2D eigenvalue weighted by molar-refractivity contribution is 9.10. The van der Waals surface area contributed by atoms with E-state index in [2.05, 4.69) is 36.7 Å². The van der Waals surface area contributed by atoms with Crippen LogP contribution in [0, 0.1) is 0 Å². The number of amides is 1. The predicted octanol–water partition coefficient (Wildman–Crippen LogP) is 2.84. The fourth-order valence-corrected chi connectivity index (χ4v) is 2.75. The molecular formula is C15H12BrN5O2S. The van der Waals surface area contributed by atoms with E-state index in [0.29, 0.717) is 15.9 Å². The second-order valence-electron chi connectivity index (χ2n) is 4.71. The summed E-state index contributed by atoms with van der Waals surface area (Å²) < 4.78 is 6.66. The lowest BCUT2D eigenvalue weighted by Gasteiger charge is -1.97. The quantitative estimate of drug-likeness (QED) is 0.501. The van der Waals surface area contributed by atoms with Crippen molar-refractivity contribution in [2.75, 3.05) is 5.73 Å². The van der Waals surface area contributed by atoms with Crippen LogP contribution >= 0.6 is 27.3 Å². The number of nitrogens with zero attached hydrogens (tertiary/aromatic N) is 3. The first-order valence-electron chi connectivity index (χ1n) is 6.86. The molecule has 3 N–H and O–H groups in total. The summed E-state index contributed by atoms with van der Waals surface area (Å²) in [5, 5.41) is 12.2. The Labute approximate surface area is 149 Å². The zero-order valence-electron chi connectivity index (χ0n) is 12.3. The highest BCUT2D eigenvalue weighted by atomic mass is 79.9. The van der Waals surface area contributed by atoms with Gasteiger partial charge in [-0.3, -0.25) is 4.79 Å². The number of carbonyl (C=O) groups is 1. The summed E-state index contributed by atoms with van der Waals surface area (Å²) >= 11 is 4.56. The summed E-state index contributed by atoms with van der Waals surface area (Å²) in [7, 11) is 0. The smallest absolute Gasteiger partial charge is 0.247 e. The molecule has 0 radical (unpaired) electrons. The molecule has 0 unspecified atom stereocenters. The fourth-order valence-electron chi connectivity index (χ4n) is 1.87. The molecular weight excluding hydrogens is 394 g/mol. The van der Waals surface area contributed by atoms with Crippen molar-refractivity contribution in [3.05, 3.63) is 51.6 Å². The number of benzene rings is 1. The zero-order valence-corrected chi connectivity index (χ0v) is 14.7. The average Bonchev–Trinajstić information content (AvgIpc) is 3.17. The van der Waals surface area contributed by atoms with Crippen molar-refractivity contribution in [3.63, 3.8) is 0 Å². The van der Waals surface area contributed by atoms with Crippen LogP contribution in [0.2, 0.25) is 0 Å².